The number of rotatable bonds is 9. The quantitative estimate of drug-likeness (QED) is 0.350. The van der Waals surface area contributed by atoms with Gasteiger partial charge in [0.1, 0.15) is 5.52 Å². The van der Waals surface area contributed by atoms with E-state index in [9.17, 15) is 9.90 Å². The first kappa shape index (κ1) is 29.2. The number of fused-ring (bicyclic) bond motifs is 1. The maximum atomic E-state index is 12.6. The Morgan fingerprint density at radius 1 is 1.21 bits per heavy atom. The summed E-state index contributed by atoms with van der Waals surface area (Å²) in [7, 11) is 1.88. The first-order valence-electron chi connectivity index (χ1n) is 14.5. The van der Waals surface area contributed by atoms with E-state index < -0.39 is 11.4 Å². The van der Waals surface area contributed by atoms with Crippen LogP contribution in [-0.4, -0.2) is 56.3 Å². The van der Waals surface area contributed by atoms with Gasteiger partial charge in [0.25, 0.3) is 0 Å². The number of carbonyl (C=O) groups is 1. The average Bonchev–Trinajstić information content (AvgIpc) is 3.16. The van der Waals surface area contributed by atoms with E-state index >= 15 is 0 Å². The van der Waals surface area contributed by atoms with Crippen molar-refractivity contribution in [1.82, 2.24) is 19.9 Å². The predicted octanol–water partition coefficient (Wildman–Crippen LogP) is 6.24. The summed E-state index contributed by atoms with van der Waals surface area (Å²) in [5.74, 6) is -0.607. The molecule has 3 aromatic rings. The minimum atomic E-state index is -1.03. The summed E-state index contributed by atoms with van der Waals surface area (Å²) in [5.41, 5.74) is 6.18. The number of hydrogen-bond donors (Lipinski definition) is 1. The van der Waals surface area contributed by atoms with Gasteiger partial charge in [-0.25, -0.2) is 4.68 Å². The van der Waals surface area contributed by atoms with Crippen LogP contribution in [0.2, 0.25) is 0 Å². The normalized spacial score (nSPS) is 20.6. The van der Waals surface area contributed by atoms with Gasteiger partial charge in [-0.15, -0.1) is 5.10 Å². The van der Waals surface area contributed by atoms with Gasteiger partial charge < -0.3 is 9.84 Å². The molecule has 1 aliphatic rings. The van der Waals surface area contributed by atoms with Crippen molar-refractivity contribution in [2.45, 2.75) is 92.4 Å². The van der Waals surface area contributed by atoms with E-state index in [1.54, 1.807) is 4.68 Å². The molecule has 7 heteroatoms. The molecule has 0 radical (unpaired) electrons. The maximum absolute atomic E-state index is 12.6. The molecule has 0 amide bonds. The fourth-order valence-corrected chi connectivity index (χ4v) is 6.05. The van der Waals surface area contributed by atoms with Crippen molar-refractivity contribution >= 4 is 17.0 Å². The van der Waals surface area contributed by atoms with E-state index in [-0.39, 0.29) is 12.0 Å². The van der Waals surface area contributed by atoms with Crippen LogP contribution >= 0.6 is 0 Å². The number of nitrogens with zero attached hydrogens (tertiary/aromatic N) is 4. The molecule has 0 spiro atoms. The van der Waals surface area contributed by atoms with Gasteiger partial charge in [0.15, 0.2) is 0 Å². The van der Waals surface area contributed by atoms with Crippen LogP contribution < -0.4 is 0 Å². The lowest BCUT2D eigenvalue weighted by molar-refractivity contribution is -0.147. The Morgan fingerprint density at radius 3 is 2.62 bits per heavy atom. The second-order valence-corrected chi connectivity index (χ2v) is 12.1. The lowest BCUT2D eigenvalue weighted by Gasteiger charge is -2.33. The van der Waals surface area contributed by atoms with E-state index in [1.807, 2.05) is 33.9 Å². The fourth-order valence-electron chi connectivity index (χ4n) is 6.05. The van der Waals surface area contributed by atoms with Crippen molar-refractivity contribution in [2.24, 2.45) is 18.4 Å². The standard InChI is InChI=1S/C32H46N4O3/c1-9-20(3)28-15-16-36(19-25(10-2)39-28)18-24-17-23(12-11-21(24)4)29(32(6,7)31(37)38)26-13-14-27-30(22(26)5)33-34-35(27)8/h11-14,17,20,25,28-29H,9-10,15-16,18-19H2,1-8H3,(H,37,38). The number of benzene rings is 2. The van der Waals surface area contributed by atoms with E-state index in [0.29, 0.717) is 12.0 Å². The third-order valence-electron chi connectivity index (χ3n) is 9.06. The Balaban J connectivity index is 1.72. The zero-order valence-electron chi connectivity index (χ0n) is 25.0. The molecule has 0 aliphatic carbocycles. The maximum Gasteiger partial charge on any atom is 0.310 e. The van der Waals surface area contributed by atoms with Gasteiger partial charge in [-0.05, 0) is 80.3 Å². The Kier molecular flexibility index (Phi) is 8.82. The fraction of sp³-hybridized carbons (Fsp3) is 0.594. The highest BCUT2D eigenvalue weighted by Crippen LogP contribution is 2.44. The van der Waals surface area contributed by atoms with E-state index in [0.717, 1.165) is 66.6 Å². The van der Waals surface area contributed by atoms with Gasteiger partial charge in [-0.1, -0.05) is 56.7 Å². The summed E-state index contributed by atoms with van der Waals surface area (Å²) in [6, 6.07) is 10.6. The molecular formula is C32H46N4O3. The van der Waals surface area contributed by atoms with E-state index in [4.69, 9.17) is 4.74 Å². The van der Waals surface area contributed by atoms with Gasteiger partial charge in [0.05, 0.1) is 23.1 Å². The molecule has 2 heterocycles. The lowest BCUT2D eigenvalue weighted by atomic mass is 9.69. The zero-order valence-corrected chi connectivity index (χ0v) is 25.0. The number of carboxylic acid groups (broad SMARTS) is 1. The second-order valence-electron chi connectivity index (χ2n) is 12.1. The van der Waals surface area contributed by atoms with Gasteiger partial charge in [-0.2, -0.15) is 0 Å². The molecule has 212 valence electrons. The van der Waals surface area contributed by atoms with Crippen LogP contribution in [-0.2, 0) is 23.1 Å². The van der Waals surface area contributed by atoms with E-state index in [1.165, 1.54) is 11.1 Å². The van der Waals surface area contributed by atoms with Crippen LogP contribution in [0.25, 0.3) is 11.0 Å². The molecule has 0 bridgehead atoms. The topological polar surface area (TPSA) is 80.5 Å². The number of ether oxygens (including phenoxy) is 1. The third-order valence-corrected chi connectivity index (χ3v) is 9.06. The Hall–Kier alpha value is -2.77. The van der Waals surface area contributed by atoms with Crippen LogP contribution in [0.1, 0.15) is 87.6 Å². The van der Waals surface area contributed by atoms with Gasteiger partial charge in [-0.3, -0.25) is 9.69 Å². The summed E-state index contributed by atoms with van der Waals surface area (Å²) in [5, 5.41) is 18.9. The van der Waals surface area contributed by atoms with Crippen LogP contribution in [0, 0.1) is 25.2 Å². The highest BCUT2D eigenvalue weighted by Gasteiger charge is 2.40. The van der Waals surface area contributed by atoms with Crippen molar-refractivity contribution in [1.29, 1.82) is 0 Å². The summed E-state index contributed by atoms with van der Waals surface area (Å²) in [6.07, 6.45) is 3.70. The molecule has 4 atom stereocenters. The summed E-state index contributed by atoms with van der Waals surface area (Å²) < 4.78 is 8.29. The minimum Gasteiger partial charge on any atom is -0.481 e. The first-order chi connectivity index (χ1) is 18.5. The molecule has 1 aliphatic heterocycles. The van der Waals surface area contributed by atoms with Gasteiger partial charge in [0.2, 0.25) is 0 Å². The minimum absolute atomic E-state index is 0.232. The van der Waals surface area contributed by atoms with Crippen molar-refractivity contribution in [3.05, 3.63) is 58.1 Å². The highest BCUT2D eigenvalue weighted by molar-refractivity contribution is 5.81. The number of aliphatic carboxylic acids is 1. The van der Waals surface area contributed by atoms with Crippen LogP contribution in [0.5, 0.6) is 0 Å². The number of aryl methyl sites for hydroxylation is 3. The molecule has 0 saturated carbocycles. The third kappa shape index (κ3) is 5.90. The van der Waals surface area contributed by atoms with Crippen molar-refractivity contribution in [3.63, 3.8) is 0 Å². The first-order valence-corrected chi connectivity index (χ1v) is 14.5. The molecule has 1 fully saturated rings. The molecule has 4 rings (SSSR count). The molecule has 4 unspecified atom stereocenters. The number of carboxylic acids is 1. The lowest BCUT2D eigenvalue weighted by Crippen LogP contribution is -2.33. The summed E-state index contributed by atoms with van der Waals surface area (Å²) >= 11 is 0. The highest BCUT2D eigenvalue weighted by atomic mass is 16.5. The Labute approximate surface area is 233 Å². The van der Waals surface area contributed by atoms with Crippen molar-refractivity contribution in [3.8, 4) is 0 Å². The number of hydrogen-bond acceptors (Lipinski definition) is 5. The van der Waals surface area contributed by atoms with Crippen LogP contribution in [0.3, 0.4) is 0 Å². The Bertz CT molecular complexity index is 1310. The molecular weight excluding hydrogens is 488 g/mol. The van der Waals surface area contributed by atoms with Crippen molar-refractivity contribution in [2.75, 3.05) is 13.1 Å². The smallest absolute Gasteiger partial charge is 0.310 e. The largest absolute Gasteiger partial charge is 0.481 e. The molecule has 1 N–H and O–H groups in total. The molecule has 1 aromatic heterocycles. The van der Waals surface area contributed by atoms with Gasteiger partial charge in [0, 0.05) is 32.6 Å². The monoisotopic (exact) mass is 534 g/mol. The van der Waals surface area contributed by atoms with E-state index in [2.05, 4.69) is 67.2 Å². The summed E-state index contributed by atoms with van der Waals surface area (Å²) in [4.78, 5) is 15.1. The number of aromatic nitrogens is 3. The molecule has 1 saturated heterocycles. The summed E-state index contributed by atoms with van der Waals surface area (Å²) in [6.45, 7) is 17.3. The molecule has 7 nitrogen and oxygen atoms in total. The Morgan fingerprint density at radius 2 is 1.95 bits per heavy atom. The van der Waals surface area contributed by atoms with Gasteiger partial charge >= 0.3 is 5.97 Å². The second kappa shape index (κ2) is 11.8. The molecule has 39 heavy (non-hydrogen) atoms. The SMILES string of the molecule is CCC1CN(Cc2cc(C(c3ccc4c(nnn4C)c3C)C(C)(C)C(=O)O)ccc2C)CCC(C(C)CC)O1. The predicted molar refractivity (Wildman–Crippen MR) is 156 cm³/mol. The van der Waals surface area contributed by atoms with Crippen LogP contribution in [0.15, 0.2) is 30.3 Å². The van der Waals surface area contributed by atoms with Crippen LogP contribution in [0.4, 0.5) is 0 Å². The zero-order chi connectivity index (χ0) is 28.5. The molecule has 2 aromatic carbocycles. The average molecular weight is 535 g/mol. The van der Waals surface area contributed by atoms with Crippen molar-refractivity contribution < 1.29 is 14.6 Å².